The van der Waals surface area contributed by atoms with Gasteiger partial charge < -0.3 is 16.0 Å². The topological polar surface area (TPSA) is 116 Å². The molecule has 0 unspecified atom stereocenters. The molecule has 0 atom stereocenters. The van der Waals surface area contributed by atoms with E-state index in [9.17, 15) is 13.2 Å². The molecule has 1 aromatic carbocycles. The molecule has 0 spiro atoms. The molecule has 11 heteroatoms. The average molecular weight is 354 g/mol. The first-order valence-corrected chi connectivity index (χ1v) is 7.28. The summed E-state index contributed by atoms with van der Waals surface area (Å²) in [5, 5.41) is 5.07. The summed E-state index contributed by atoms with van der Waals surface area (Å²) in [5.74, 6) is -1.63. The van der Waals surface area contributed by atoms with E-state index >= 15 is 0 Å². The summed E-state index contributed by atoms with van der Waals surface area (Å²) in [6, 6.07) is 6.45. The average Bonchev–Trinajstić information content (AvgIpc) is 3.15. The van der Waals surface area contributed by atoms with Crippen LogP contribution >= 0.6 is 11.3 Å². The van der Waals surface area contributed by atoms with Crippen LogP contribution in [0.4, 0.5) is 18.3 Å². The van der Waals surface area contributed by atoms with E-state index in [0.29, 0.717) is 16.4 Å². The summed E-state index contributed by atoms with van der Waals surface area (Å²) in [4.78, 5) is 11.4. The number of aromatic nitrogens is 3. The maximum atomic E-state index is 12.5. The molecule has 0 aliphatic rings. The Morgan fingerprint density at radius 2 is 1.75 bits per heavy atom. The lowest BCUT2D eigenvalue weighted by Crippen LogP contribution is -2.21. The van der Waals surface area contributed by atoms with Gasteiger partial charge in [-0.15, -0.1) is 11.3 Å². The Kier molecular flexibility index (Phi) is 3.93. The van der Waals surface area contributed by atoms with Crippen LogP contribution < -0.4 is 11.5 Å². The number of aliphatic imine (C=N–C) groups is 1. The fourth-order valence-electron chi connectivity index (χ4n) is 1.80. The Hall–Kier alpha value is -2.95. The zero-order valence-electron chi connectivity index (χ0n) is 11.8. The van der Waals surface area contributed by atoms with Crippen molar-refractivity contribution in [1.29, 1.82) is 0 Å². The number of nitrogens with zero attached hydrogens (tertiary/aromatic N) is 4. The van der Waals surface area contributed by atoms with E-state index < -0.39 is 12.0 Å². The minimum atomic E-state index is -4.65. The SMILES string of the molecule is NC(N)=Nc1nc(-c2ccc(-c3nc(C(F)(F)F)no3)cc2)cs1. The van der Waals surface area contributed by atoms with E-state index in [2.05, 4.69) is 24.6 Å². The second-order valence-electron chi connectivity index (χ2n) is 4.55. The fourth-order valence-corrected chi connectivity index (χ4v) is 2.51. The standard InChI is InChI=1S/C13H9F3N6OS/c14-13(15,16)10-20-9(23-22-10)7-3-1-6(2-4-7)8-5-24-12(19-8)21-11(17)18/h1-5H,(H4,17,18,19,21). The number of nitrogens with two attached hydrogens (primary N) is 2. The fraction of sp³-hybridized carbons (Fsp3) is 0.0769. The number of hydrogen-bond donors (Lipinski definition) is 2. The van der Waals surface area contributed by atoms with Crippen LogP contribution in [0.15, 0.2) is 39.2 Å². The largest absolute Gasteiger partial charge is 0.455 e. The third kappa shape index (κ3) is 3.35. The van der Waals surface area contributed by atoms with Crippen LogP contribution in [-0.2, 0) is 6.18 Å². The molecule has 0 aliphatic carbocycles. The van der Waals surface area contributed by atoms with Crippen molar-refractivity contribution < 1.29 is 17.7 Å². The lowest BCUT2D eigenvalue weighted by atomic mass is 10.1. The molecule has 24 heavy (non-hydrogen) atoms. The summed E-state index contributed by atoms with van der Waals surface area (Å²) in [6.45, 7) is 0. The van der Waals surface area contributed by atoms with Crippen molar-refractivity contribution in [3.8, 4) is 22.7 Å². The molecule has 0 saturated carbocycles. The second-order valence-corrected chi connectivity index (χ2v) is 5.39. The lowest BCUT2D eigenvalue weighted by Gasteiger charge is -1.98. The van der Waals surface area contributed by atoms with Crippen molar-refractivity contribution in [2.45, 2.75) is 6.18 Å². The van der Waals surface area contributed by atoms with Gasteiger partial charge in [-0.2, -0.15) is 23.1 Å². The second kappa shape index (κ2) is 5.92. The molecule has 4 N–H and O–H groups in total. The summed E-state index contributed by atoms with van der Waals surface area (Å²) in [6.07, 6.45) is -4.65. The maximum Gasteiger partial charge on any atom is 0.455 e. The maximum absolute atomic E-state index is 12.5. The van der Waals surface area contributed by atoms with Crippen LogP contribution in [0.25, 0.3) is 22.7 Å². The smallest absolute Gasteiger partial charge is 0.370 e. The van der Waals surface area contributed by atoms with Gasteiger partial charge in [0.2, 0.25) is 5.13 Å². The van der Waals surface area contributed by atoms with Gasteiger partial charge in [-0.05, 0) is 12.1 Å². The highest BCUT2D eigenvalue weighted by Crippen LogP contribution is 2.30. The quantitative estimate of drug-likeness (QED) is 0.552. The predicted molar refractivity (Wildman–Crippen MR) is 81.3 cm³/mol. The Morgan fingerprint density at radius 3 is 2.33 bits per heavy atom. The highest BCUT2D eigenvalue weighted by molar-refractivity contribution is 7.13. The Bertz CT molecular complexity index is 880. The molecule has 3 aromatic rings. The van der Waals surface area contributed by atoms with Crippen LogP contribution in [0.2, 0.25) is 0 Å². The van der Waals surface area contributed by atoms with Gasteiger partial charge in [0, 0.05) is 16.5 Å². The molecule has 0 amide bonds. The van der Waals surface area contributed by atoms with Gasteiger partial charge in [0.05, 0.1) is 5.69 Å². The Labute approximate surface area is 136 Å². The number of guanidine groups is 1. The molecule has 7 nitrogen and oxygen atoms in total. The predicted octanol–water partition coefficient (Wildman–Crippen LogP) is 2.78. The summed E-state index contributed by atoms with van der Waals surface area (Å²) in [5.41, 5.74) is 12.3. The molecule has 0 saturated heterocycles. The number of thiazole rings is 1. The first kappa shape index (κ1) is 15.9. The number of halogens is 3. The number of rotatable bonds is 3. The van der Waals surface area contributed by atoms with Crippen molar-refractivity contribution in [3.63, 3.8) is 0 Å². The van der Waals surface area contributed by atoms with Crippen molar-refractivity contribution in [1.82, 2.24) is 15.1 Å². The highest BCUT2D eigenvalue weighted by Gasteiger charge is 2.37. The number of benzene rings is 1. The van der Waals surface area contributed by atoms with Crippen LogP contribution in [-0.4, -0.2) is 21.1 Å². The molecule has 124 valence electrons. The minimum absolute atomic E-state index is 0.0943. The van der Waals surface area contributed by atoms with E-state index in [0.717, 1.165) is 5.56 Å². The Balaban J connectivity index is 1.84. The molecule has 0 fully saturated rings. The molecule has 0 bridgehead atoms. The molecule has 2 heterocycles. The summed E-state index contributed by atoms with van der Waals surface area (Å²) < 4.78 is 42.1. The highest BCUT2D eigenvalue weighted by atomic mass is 32.1. The number of alkyl halides is 3. The van der Waals surface area contributed by atoms with E-state index in [1.807, 2.05) is 0 Å². The molecule has 0 radical (unpaired) electrons. The first-order valence-electron chi connectivity index (χ1n) is 6.40. The summed E-state index contributed by atoms with van der Waals surface area (Å²) >= 11 is 1.25. The van der Waals surface area contributed by atoms with Crippen LogP contribution in [0, 0.1) is 0 Å². The number of hydrogen-bond acceptors (Lipinski definition) is 6. The van der Waals surface area contributed by atoms with Gasteiger partial charge in [-0.1, -0.05) is 17.3 Å². The van der Waals surface area contributed by atoms with E-state index in [1.54, 1.807) is 29.6 Å². The monoisotopic (exact) mass is 354 g/mol. The van der Waals surface area contributed by atoms with Crippen molar-refractivity contribution in [2.24, 2.45) is 16.5 Å². The molecular formula is C13H9F3N6OS. The first-order chi connectivity index (χ1) is 11.3. The third-order valence-electron chi connectivity index (χ3n) is 2.82. The van der Waals surface area contributed by atoms with Gasteiger partial charge in [0.25, 0.3) is 11.7 Å². The molecular weight excluding hydrogens is 345 g/mol. The van der Waals surface area contributed by atoms with Crippen molar-refractivity contribution >= 4 is 22.4 Å². The van der Waals surface area contributed by atoms with Gasteiger partial charge in [0.1, 0.15) is 0 Å². The normalized spacial score (nSPS) is 11.5. The van der Waals surface area contributed by atoms with Crippen molar-refractivity contribution in [2.75, 3.05) is 0 Å². The van der Waals surface area contributed by atoms with Crippen molar-refractivity contribution in [3.05, 3.63) is 35.5 Å². The third-order valence-corrected chi connectivity index (χ3v) is 3.56. The van der Waals surface area contributed by atoms with E-state index in [-0.39, 0.29) is 11.9 Å². The molecule has 2 aromatic heterocycles. The van der Waals surface area contributed by atoms with E-state index in [4.69, 9.17) is 11.5 Å². The minimum Gasteiger partial charge on any atom is -0.370 e. The molecule has 0 aliphatic heterocycles. The van der Waals surface area contributed by atoms with Gasteiger partial charge in [0.15, 0.2) is 5.96 Å². The summed E-state index contributed by atoms with van der Waals surface area (Å²) in [7, 11) is 0. The van der Waals surface area contributed by atoms with Crippen LogP contribution in [0.3, 0.4) is 0 Å². The lowest BCUT2D eigenvalue weighted by molar-refractivity contribution is -0.146. The zero-order valence-corrected chi connectivity index (χ0v) is 12.6. The Morgan fingerprint density at radius 1 is 1.08 bits per heavy atom. The van der Waals surface area contributed by atoms with Gasteiger partial charge >= 0.3 is 6.18 Å². The van der Waals surface area contributed by atoms with Crippen LogP contribution in [0.1, 0.15) is 5.82 Å². The van der Waals surface area contributed by atoms with Crippen LogP contribution in [0.5, 0.6) is 0 Å². The zero-order chi connectivity index (χ0) is 17.3. The molecule has 3 rings (SSSR count). The van der Waals surface area contributed by atoms with Gasteiger partial charge in [-0.25, -0.2) is 4.98 Å². The van der Waals surface area contributed by atoms with E-state index in [1.165, 1.54) is 11.3 Å². The van der Waals surface area contributed by atoms with Gasteiger partial charge in [-0.3, -0.25) is 0 Å².